The first-order valence-electron chi connectivity index (χ1n) is 4.72. The number of fused-ring (bicyclic) bond motifs is 1. The third kappa shape index (κ3) is 1.54. The molecule has 82 valence electrons. The molecule has 0 saturated heterocycles. The summed E-state index contributed by atoms with van der Waals surface area (Å²) in [7, 11) is 1.90. The zero-order valence-electron chi connectivity index (χ0n) is 8.42. The molecule has 1 atom stereocenters. The molecular weight excluding hydrogens is 198 g/mol. The molecule has 7 nitrogen and oxygen atoms in total. The molecule has 7 heteroatoms. The molecule has 1 aliphatic rings. The lowest BCUT2D eigenvalue weighted by atomic mass is 10.1. The fourth-order valence-electron chi connectivity index (χ4n) is 1.59. The Balaban J connectivity index is 2.31. The van der Waals surface area contributed by atoms with Crippen molar-refractivity contribution in [2.24, 2.45) is 5.73 Å². The maximum absolute atomic E-state index is 10.9. The maximum atomic E-state index is 10.9. The minimum Gasteiger partial charge on any atom is -0.481 e. The highest BCUT2D eigenvalue weighted by molar-refractivity contribution is 5.75. The van der Waals surface area contributed by atoms with E-state index in [4.69, 9.17) is 10.8 Å². The van der Waals surface area contributed by atoms with Gasteiger partial charge in [0.25, 0.3) is 0 Å². The number of nitrogens with two attached hydrogens (primary N) is 1. The first kappa shape index (κ1) is 9.91. The van der Waals surface area contributed by atoms with E-state index >= 15 is 0 Å². The van der Waals surface area contributed by atoms with Crippen molar-refractivity contribution in [1.82, 2.24) is 14.8 Å². The molecule has 15 heavy (non-hydrogen) atoms. The summed E-state index contributed by atoms with van der Waals surface area (Å²) in [5.74, 6) is -0.780. The van der Waals surface area contributed by atoms with Crippen LogP contribution >= 0.6 is 0 Å². The van der Waals surface area contributed by atoms with Gasteiger partial charge in [-0.2, -0.15) is 10.1 Å². The summed E-state index contributed by atoms with van der Waals surface area (Å²) >= 11 is 0. The summed E-state index contributed by atoms with van der Waals surface area (Å²) in [4.78, 5) is 17.0. The van der Waals surface area contributed by atoms with Gasteiger partial charge in [-0.15, -0.1) is 0 Å². The highest BCUT2D eigenvalue weighted by Crippen LogP contribution is 2.20. The third-order valence-electron chi connectivity index (χ3n) is 2.50. The van der Waals surface area contributed by atoms with Gasteiger partial charge < -0.3 is 15.7 Å². The number of anilines is 1. The van der Waals surface area contributed by atoms with E-state index in [1.54, 1.807) is 4.68 Å². The van der Waals surface area contributed by atoms with Gasteiger partial charge in [-0.25, -0.2) is 4.68 Å². The SMILES string of the molecule is CN1CCn2nc(C(CN)C(=O)O)nc21. The van der Waals surface area contributed by atoms with Crippen LogP contribution in [0.5, 0.6) is 0 Å². The van der Waals surface area contributed by atoms with E-state index in [0.717, 1.165) is 13.1 Å². The van der Waals surface area contributed by atoms with Crippen molar-refractivity contribution >= 4 is 11.9 Å². The first-order chi connectivity index (χ1) is 7.13. The fraction of sp³-hybridized carbons (Fsp3) is 0.625. The van der Waals surface area contributed by atoms with Gasteiger partial charge in [-0.05, 0) is 0 Å². The summed E-state index contributed by atoms with van der Waals surface area (Å²) < 4.78 is 1.71. The van der Waals surface area contributed by atoms with Crippen molar-refractivity contribution in [2.45, 2.75) is 12.5 Å². The Morgan fingerprint density at radius 3 is 2.93 bits per heavy atom. The number of carbonyl (C=O) groups is 1. The molecule has 0 amide bonds. The van der Waals surface area contributed by atoms with Crippen LogP contribution in [-0.4, -0.2) is 46.0 Å². The standard InChI is InChI=1S/C8H13N5O2/c1-12-2-3-13-8(12)10-6(11-13)5(4-9)7(14)15/h5H,2-4,9H2,1H3,(H,14,15). The first-order valence-corrected chi connectivity index (χ1v) is 4.72. The van der Waals surface area contributed by atoms with E-state index in [-0.39, 0.29) is 6.54 Å². The van der Waals surface area contributed by atoms with Crippen LogP contribution in [-0.2, 0) is 11.3 Å². The molecule has 1 aromatic rings. The van der Waals surface area contributed by atoms with E-state index in [2.05, 4.69) is 10.1 Å². The summed E-state index contributed by atoms with van der Waals surface area (Å²) in [5, 5.41) is 13.0. The highest BCUT2D eigenvalue weighted by Gasteiger charge is 2.27. The molecule has 1 aliphatic heterocycles. The molecule has 0 aliphatic carbocycles. The lowest BCUT2D eigenvalue weighted by Gasteiger charge is -2.07. The zero-order chi connectivity index (χ0) is 11.0. The Bertz CT molecular complexity index is 388. The lowest BCUT2D eigenvalue weighted by Crippen LogP contribution is -2.23. The Labute approximate surface area is 86.5 Å². The van der Waals surface area contributed by atoms with Crippen molar-refractivity contribution in [3.63, 3.8) is 0 Å². The van der Waals surface area contributed by atoms with Crippen LogP contribution in [0.2, 0.25) is 0 Å². The summed E-state index contributed by atoms with van der Waals surface area (Å²) in [6, 6.07) is 0. The second kappa shape index (κ2) is 3.50. The Hall–Kier alpha value is -1.63. The van der Waals surface area contributed by atoms with Crippen LogP contribution in [0.4, 0.5) is 5.95 Å². The van der Waals surface area contributed by atoms with Crippen molar-refractivity contribution in [3.8, 4) is 0 Å². The van der Waals surface area contributed by atoms with Gasteiger partial charge in [0.05, 0.1) is 6.54 Å². The van der Waals surface area contributed by atoms with Crippen molar-refractivity contribution < 1.29 is 9.90 Å². The van der Waals surface area contributed by atoms with Crippen LogP contribution in [0.3, 0.4) is 0 Å². The summed E-state index contributed by atoms with van der Waals surface area (Å²) in [5.41, 5.74) is 5.38. The predicted molar refractivity (Wildman–Crippen MR) is 52.7 cm³/mol. The largest absolute Gasteiger partial charge is 0.481 e. The van der Waals surface area contributed by atoms with Gasteiger partial charge in [0, 0.05) is 20.1 Å². The molecule has 1 aromatic heterocycles. The van der Waals surface area contributed by atoms with E-state index in [1.165, 1.54) is 0 Å². The molecule has 1 unspecified atom stereocenters. The van der Waals surface area contributed by atoms with Gasteiger partial charge in [0.1, 0.15) is 5.92 Å². The monoisotopic (exact) mass is 211 g/mol. The number of carboxylic acid groups (broad SMARTS) is 1. The van der Waals surface area contributed by atoms with Gasteiger partial charge >= 0.3 is 5.97 Å². The van der Waals surface area contributed by atoms with E-state index in [1.807, 2.05) is 11.9 Å². The minimum absolute atomic E-state index is 0.0164. The highest BCUT2D eigenvalue weighted by atomic mass is 16.4. The average molecular weight is 211 g/mol. The number of rotatable bonds is 3. The fourth-order valence-corrected chi connectivity index (χ4v) is 1.59. The van der Waals surface area contributed by atoms with E-state index in [0.29, 0.717) is 11.8 Å². The van der Waals surface area contributed by atoms with Gasteiger partial charge in [-0.3, -0.25) is 4.79 Å². The van der Waals surface area contributed by atoms with E-state index < -0.39 is 11.9 Å². The normalized spacial score (nSPS) is 16.5. The molecule has 0 spiro atoms. The molecule has 2 rings (SSSR count). The summed E-state index contributed by atoms with van der Waals surface area (Å²) in [6.07, 6.45) is 0. The van der Waals surface area contributed by atoms with E-state index in [9.17, 15) is 4.79 Å². The van der Waals surface area contributed by atoms with Crippen LogP contribution in [0.1, 0.15) is 11.7 Å². The van der Waals surface area contributed by atoms with Crippen molar-refractivity contribution in [2.75, 3.05) is 25.0 Å². The van der Waals surface area contributed by atoms with Gasteiger partial charge in [-0.1, -0.05) is 0 Å². The quantitative estimate of drug-likeness (QED) is 0.655. The topological polar surface area (TPSA) is 97.3 Å². The molecule has 0 saturated carbocycles. The minimum atomic E-state index is -0.982. The van der Waals surface area contributed by atoms with Crippen LogP contribution < -0.4 is 10.6 Å². The number of hydrogen-bond donors (Lipinski definition) is 2. The average Bonchev–Trinajstić information content (AvgIpc) is 2.70. The number of likely N-dealkylation sites (N-methyl/N-ethyl adjacent to an activating group) is 1. The summed E-state index contributed by atoms with van der Waals surface area (Å²) in [6.45, 7) is 1.62. The third-order valence-corrected chi connectivity index (χ3v) is 2.50. The molecule has 3 N–H and O–H groups in total. The number of nitrogens with zero attached hydrogens (tertiary/aromatic N) is 4. The number of aromatic nitrogens is 3. The van der Waals surface area contributed by atoms with Crippen LogP contribution in [0.25, 0.3) is 0 Å². The predicted octanol–water partition coefficient (Wildman–Crippen LogP) is -1.15. The molecule has 0 radical (unpaired) electrons. The second-order valence-corrected chi connectivity index (χ2v) is 3.54. The molecular formula is C8H13N5O2. The zero-order valence-corrected chi connectivity index (χ0v) is 8.42. The lowest BCUT2D eigenvalue weighted by molar-refractivity contribution is -0.138. The van der Waals surface area contributed by atoms with Crippen molar-refractivity contribution in [3.05, 3.63) is 5.82 Å². The number of hydrogen-bond acceptors (Lipinski definition) is 5. The van der Waals surface area contributed by atoms with Gasteiger partial charge in [0.15, 0.2) is 5.82 Å². The molecule has 2 heterocycles. The van der Waals surface area contributed by atoms with Gasteiger partial charge in [0.2, 0.25) is 5.95 Å². The second-order valence-electron chi connectivity index (χ2n) is 3.54. The Morgan fingerprint density at radius 1 is 1.67 bits per heavy atom. The number of carboxylic acids is 1. The maximum Gasteiger partial charge on any atom is 0.315 e. The van der Waals surface area contributed by atoms with Crippen molar-refractivity contribution in [1.29, 1.82) is 0 Å². The van der Waals surface area contributed by atoms with Crippen LogP contribution in [0.15, 0.2) is 0 Å². The molecule has 0 bridgehead atoms. The smallest absolute Gasteiger partial charge is 0.315 e. The number of aliphatic carboxylic acids is 1. The molecule has 0 fully saturated rings. The Kier molecular flexibility index (Phi) is 2.31. The molecule has 0 aromatic carbocycles. The van der Waals surface area contributed by atoms with Crippen LogP contribution in [0, 0.1) is 0 Å². The Morgan fingerprint density at radius 2 is 2.40 bits per heavy atom.